The highest BCUT2D eigenvalue weighted by atomic mass is 35.5. The second kappa shape index (κ2) is 10.2. The van der Waals surface area contributed by atoms with Crippen molar-refractivity contribution in [2.75, 3.05) is 13.2 Å². The summed E-state index contributed by atoms with van der Waals surface area (Å²) in [6.07, 6.45) is 0. The zero-order chi connectivity index (χ0) is 14.1. The molecule has 0 aliphatic rings. The Labute approximate surface area is 125 Å². The van der Waals surface area contributed by atoms with Gasteiger partial charge in [0, 0.05) is 6.54 Å². The van der Waals surface area contributed by atoms with Crippen LogP contribution in [0.4, 0.5) is 0 Å². The zero-order valence-electron chi connectivity index (χ0n) is 11.6. The molecule has 0 spiro atoms. The average Bonchev–Trinajstić information content (AvgIpc) is 2.41. The van der Waals surface area contributed by atoms with Crippen LogP contribution in [0.3, 0.4) is 0 Å². The van der Waals surface area contributed by atoms with Gasteiger partial charge in [-0.15, -0.1) is 12.4 Å². The Morgan fingerprint density at radius 1 is 1.05 bits per heavy atom. The van der Waals surface area contributed by atoms with Crippen LogP contribution in [-0.2, 0) is 25.6 Å². The number of ether oxygens (including phenoxy) is 2. The first-order valence-corrected chi connectivity index (χ1v) is 6.29. The number of carbonyl (C=O) groups is 2. The minimum Gasteiger partial charge on any atom is -0.464 e. The summed E-state index contributed by atoms with van der Waals surface area (Å²) in [5.74, 6) is -1.23. The van der Waals surface area contributed by atoms with Crippen molar-refractivity contribution in [3.8, 4) is 0 Å². The molecule has 1 N–H and O–H groups in total. The summed E-state index contributed by atoms with van der Waals surface area (Å²) in [6, 6.07) is 8.40. The molecule has 1 rings (SSSR count). The standard InChI is InChI=1S/C14H19NO4.ClH/c1-3-18-13(16)12(14(17)19-4-2)15-10-11-8-6-5-7-9-11;/h5-9,12,15H,3-4,10H2,1-2H3;1H. The number of halogens is 1. The van der Waals surface area contributed by atoms with Gasteiger partial charge in [0.25, 0.3) is 0 Å². The number of benzene rings is 1. The molecule has 0 saturated heterocycles. The molecule has 6 heteroatoms. The summed E-state index contributed by atoms with van der Waals surface area (Å²) in [6.45, 7) is 4.22. The van der Waals surface area contributed by atoms with Crippen molar-refractivity contribution >= 4 is 24.3 Å². The molecule has 0 aliphatic carbocycles. The molecule has 0 fully saturated rings. The highest BCUT2D eigenvalue weighted by molar-refractivity contribution is 5.99. The smallest absolute Gasteiger partial charge is 0.334 e. The molecule has 1 aromatic carbocycles. The van der Waals surface area contributed by atoms with Crippen molar-refractivity contribution < 1.29 is 19.1 Å². The lowest BCUT2D eigenvalue weighted by atomic mass is 10.2. The van der Waals surface area contributed by atoms with Gasteiger partial charge in [-0.1, -0.05) is 30.3 Å². The molecule has 1 aromatic rings. The van der Waals surface area contributed by atoms with E-state index in [0.29, 0.717) is 6.54 Å². The Morgan fingerprint density at radius 3 is 2.00 bits per heavy atom. The lowest BCUT2D eigenvalue weighted by Crippen LogP contribution is -2.45. The summed E-state index contributed by atoms with van der Waals surface area (Å²) in [4.78, 5) is 23.4. The van der Waals surface area contributed by atoms with Crippen molar-refractivity contribution in [3.05, 3.63) is 35.9 Å². The van der Waals surface area contributed by atoms with E-state index < -0.39 is 18.0 Å². The Balaban J connectivity index is 0.00000361. The Hall–Kier alpha value is -1.59. The lowest BCUT2D eigenvalue weighted by molar-refractivity contribution is -0.158. The van der Waals surface area contributed by atoms with Gasteiger partial charge in [-0.25, -0.2) is 9.59 Å². The average molecular weight is 302 g/mol. The maximum atomic E-state index is 11.7. The van der Waals surface area contributed by atoms with Gasteiger partial charge in [0.05, 0.1) is 13.2 Å². The van der Waals surface area contributed by atoms with E-state index in [1.165, 1.54) is 0 Å². The Kier molecular flexibility index (Phi) is 9.41. The fourth-order valence-corrected chi connectivity index (χ4v) is 1.53. The van der Waals surface area contributed by atoms with E-state index in [-0.39, 0.29) is 25.6 Å². The van der Waals surface area contributed by atoms with E-state index in [2.05, 4.69) is 5.32 Å². The first-order valence-electron chi connectivity index (χ1n) is 6.29. The molecule has 5 nitrogen and oxygen atoms in total. The normalized spacial score (nSPS) is 9.75. The number of esters is 2. The zero-order valence-corrected chi connectivity index (χ0v) is 12.4. The predicted molar refractivity (Wildman–Crippen MR) is 77.6 cm³/mol. The molecule has 0 saturated carbocycles. The summed E-state index contributed by atoms with van der Waals surface area (Å²) >= 11 is 0. The van der Waals surface area contributed by atoms with Crippen molar-refractivity contribution in [1.29, 1.82) is 0 Å². The first kappa shape index (κ1) is 18.4. The van der Waals surface area contributed by atoms with Gasteiger partial charge in [0.2, 0.25) is 6.04 Å². The number of rotatable bonds is 7. The van der Waals surface area contributed by atoms with Crippen LogP contribution in [0.2, 0.25) is 0 Å². The SMILES string of the molecule is CCOC(=O)C(NCc1ccccc1)C(=O)OCC.Cl. The quantitative estimate of drug-likeness (QED) is 0.613. The second-order valence-corrected chi connectivity index (χ2v) is 3.80. The number of nitrogens with one attached hydrogen (secondary N) is 1. The van der Waals surface area contributed by atoms with Crippen molar-refractivity contribution in [2.45, 2.75) is 26.4 Å². The molecule has 0 heterocycles. The Morgan fingerprint density at radius 2 is 1.55 bits per heavy atom. The highest BCUT2D eigenvalue weighted by Crippen LogP contribution is 2.01. The molecule has 0 amide bonds. The third-order valence-corrected chi connectivity index (χ3v) is 2.40. The van der Waals surface area contributed by atoms with Crippen LogP contribution in [0.25, 0.3) is 0 Å². The molecular formula is C14H20ClNO4. The van der Waals surface area contributed by atoms with Gasteiger partial charge in [0.1, 0.15) is 0 Å². The molecule has 0 aliphatic heterocycles. The third kappa shape index (κ3) is 6.04. The predicted octanol–water partition coefficient (Wildman–Crippen LogP) is 1.69. The fraction of sp³-hybridized carbons (Fsp3) is 0.429. The third-order valence-electron chi connectivity index (χ3n) is 2.40. The van der Waals surface area contributed by atoms with Crippen molar-refractivity contribution in [2.24, 2.45) is 0 Å². The fourth-order valence-electron chi connectivity index (χ4n) is 1.53. The molecule has 0 aromatic heterocycles. The Bertz CT molecular complexity index is 393. The summed E-state index contributed by atoms with van der Waals surface area (Å²) < 4.78 is 9.72. The van der Waals surface area contributed by atoms with Crippen molar-refractivity contribution in [1.82, 2.24) is 5.32 Å². The van der Waals surface area contributed by atoms with Crippen LogP contribution in [0, 0.1) is 0 Å². The van der Waals surface area contributed by atoms with Gasteiger partial charge >= 0.3 is 11.9 Å². The maximum absolute atomic E-state index is 11.7. The largest absolute Gasteiger partial charge is 0.464 e. The van der Waals surface area contributed by atoms with E-state index in [1.54, 1.807) is 13.8 Å². The van der Waals surface area contributed by atoms with Gasteiger partial charge in [-0.05, 0) is 19.4 Å². The van der Waals surface area contributed by atoms with E-state index in [4.69, 9.17) is 9.47 Å². The summed E-state index contributed by atoms with van der Waals surface area (Å²) in [7, 11) is 0. The molecule has 0 radical (unpaired) electrons. The van der Waals surface area contributed by atoms with Gasteiger partial charge in [0.15, 0.2) is 0 Å². The summed E-state index contributed by atoms with van der Waals surface area (Å²) in [5.41, 5.74) is 0.973. The van der Waals surface area contributed by atoms with E-state index in [1.807, 2.05) is 30.3 Å². The molecule has 112 valence electrons. The van der Waals surface area contributed by atoms with Crippen LogP contribution < -0.4 is 5.32 Å². The minimum atomic E-state index is -1.08. The number of carbonyl (C=O) groups excluding carboxylic acids is 2. The minimum absolute atomic E-state index is 0. The number of hydrogen-bond donors (Lipinski definition) is 1. The highest BCUT2D eigenvalue weighted by Gasteiger charge is 2.28. The van der Waals surface area contributed by atoms with Crippen LogP contribution in [0.5, 0.6) is 0 Å². The molecule has 20 heavy (non-hydrogen) atoms. The number of hydrogen-bond acceptors (Lipinski definition) is 5. The van der Waals surface area contributed by atoms with E-state index >= 15 is 0 Å². The van der Waals surface area contributed by atoms with Gasteiger partial charge < -0.3 is 9.47 Å². The van der Waals surface area contributed by atoms with Crippen LogP contribution in [0.1, 0.15) is 19.4 Å². The monoisotopic (exact) mass is 301 g/mol. The van der Waals surface area contributed by atoms with Crippen LogP contribution in [0.15, 0.2) is 30.3 Å². The topological polar surface area (TPSA) is 64.6 Å². The molecule has 0 unspecified atom stereocenters. The summed E-state index contributed by atoms with van der Waals surface area (Å²) in [5, 5.41) is 2.86. The van der Waals surface area contributed by atoms with Gasteiger partial charge in [-0.3, -0.25) is 5.32 Å². The lowest BCUT2D eigenvalue weighted by Gasteiger charge is -2.15. The first-order chi connectivity index (χ1) is 9.19. The second-order valence-electron chi connectivity index (χ2n) is 3.80. The van der Waals surface area contributed by atoms with Gasteiger partial charge in [-0.2, -0.15) is 0 Å². The maximum Gasteiger partial charge on any atom is 0.334 e. The van der Waals surface area contributed by atoms with E-state index in [0.717, 1.165) is 5.56 Å². The van der Waals surface area contributed by atoms with Crippen LogP contribution in [-0.4, -0.2) is 31.2 Å². The molecule has 0 bridgehead atoms. The molecular weight excluding hydrogens is 282 g/mol. The van der Waals surface area contributed by atoms with Crippen LogP contribution >= 0.6 is 12.4 Å². The molecule has 0 atom stereocenters. The van der Waals surface area contributed by atoms with Crippen molar-refractivity contribution in [3.63, 3.8) is 0 Å². The van der Waals surface area contributed by atoms with E-state index in [9.17, 15) is 9.59 Å².